The van der Waals surface area contributed by atoms with Crippen LogP contribution in [-0.2, 0) is 11.3 Å². The van der Waals surface area contributed by atoms with E-state index in [0.717, 1.165) is 32.4 Å². The second-order valence-electron chi connectivity index (χ2n) is 6.48. The molecule has 2 fully saturated rings. The number of rotatable bonds is 3. The van der Waals surface area contributed by atoms with Crippen LogP contribution in [0, 0.1) is 9.49 Å². The van der Waals surface area contributed by atoms with E-state index in [1.165, 1.54) is 34.8 Å². The van der Waals surface area contributed by atoms with Crippen LogP contribution in [0.5, 0.6) is 0 Å². The maximum Gasteiger partial charge on any atom is 0.137 e. The molecule has 21 heavy (non-hydrogen) atoms. The van der Waals surface area contributed by atoms with Gasteiger partial charge < -0.3 is 0 Å². The number of likely N-dealkylation sites (tertiary alicyclic amines) is 1. The number of Topliss-reactive ketones (excluding diaryl/α,β-unsaturated/α-hetero) is 1. The molecule has 1 aliphatic carbocycles. The van der Waals surface area contributed by atoms with Crippen LogP contribution >= 0.6 is 22.6 Å². The number of nitrogens with zero attached hydrogens (tertiary/aromatic N) is 1. The summed E-state index contributed by atoms with van der Waals surface area (Å²) in [5.74, 6) is 0.837. The van der Waals surface area contributed by atoms with Crippen molar-refractivity contribution in [1.82, 2.24) is 4.90 Å². The highest BCUT2D eigenvalue weighted by atomic mass is 127. The van der Waals surface area contributed by atoms with Gasteiger partial charge >= 0.3 is 0 Å². The van der Waals surface area contributed by atoms with Gasteiger partial charge in [0, 0.05) is 28.5 Å². The Bertz CT molecular complexity index is 484. The molecule has 2 atom stereocenters. The van der Waals surface area contributed by atoms with Crippen molar-refractivity contribution in [2.24, 2.45) is 5.92 Å². The zero-order valence-corrected chi connectivity index (χ0v) is 14.7. The fraction of sp³-hybridized carbons (Fsp3) is 0.611. The average molecular weight is 397 g/mol. The van der Waals surface area contributed by atoms with Crippen molar-refractivity contribution in [3.63, 3.8) is 0 Å². The molecule has 3 heteroatoms. The fourth-order valence-corrected chi connectivity index (χ4v) is 4.27. The summed E-state index contributed by atoms with van der Waals surface area (Å²) in [7, 11) is 0. The first-order valence-electron chi connectivity index (χ1n) is 8.25. The van der Waals surface area contributed by atoms with Gasteiger partial charge in [-0.1, -0.05) is 25.0 Å². The summed E-state index contributed by atoms with van der Waals surface area (Å²) < 4.78 is 1.29. The first kappa shape index (κ1) is 15.5. The standard InChI is InChI=1S/C18H24INO/c19-15-10-8-14(9-11-15)13-20-12-4-3-6-17(20)16-5-1-2-7-18(16)21/h8-11,16-17H,1-7,12-13H2. The lowest BCUT2D eigenvalue weighted by atomic mass is 9.79. The lowest BCUT2D eigenvalue weighted by molar-refractivity contribution is -0.127. The quantitative estimate of drug-likeness (QED) is 0.705. The smallest absolute Gasteiger partial charge is 0.137 e. The third-order valence-corrected chi connectivity index (χ3v) is 5.75. The van der Waals surface area contributed by atoms with Gasteiger partial charge in [0.25, 0.3) is 0 Å². The van der Waals surface area contributed by atoms with Crippen molar-refractivity contribution in [1.29, 1.82) is 0 Å². The molecule has 0 aromatic heterocycles. The highest BCUT2D eigenvalue weighted by Gasteiger charge is 2.35. The van der Waals surface area contributed by atoms with Crippen molar-refractivity contribution >= 4 is 28.4 Å². The molecule has 0 N–H and O–H groups in total. The number of benzene rings is 1. The van der Waals surface area contributed by atoms with Crippen LogP contribution in [0.15, 0.2) is 24.3 Å². The van der Waals surface area contributed by atoms with E-state index in [2.05, 4.69) is 51.8 Å². The van der Waals surface area contributed by atoms with E-state index in [0.29, 0.717) is 17.7 Å². The molecule has 0 amide bonds. The van der Waals surface area contributed by atoms with E-state index < -0.39 is 0 Å². The van der Waals surface area contributed by atoms with Crippen molar-refractivity contribution in [3.05, 3.63) is 33.4 Å². The van der Waals surface area contributed by atoms with Gasteiger partial charge in [-0.05, 0) is 72.5 Å². The zero-order valence-electron chi connectivity index (χ0n) is 12.6. The summed E-state index contributed by atoms with van der Waals surface area (Å²) in [6.07, 6.45) is 8.06. The third-order valence-electron chi connectivity index (χ3n) is 5.03. The van der Waals surface area contributed by atoms with Crippen LogP contribution < -0.4 is 0 Å². The largest absolute Gasteiger partial charge is 0.299 e. The molecule has 2 unspecified atom stereocenters. The Balaban J connectivity index is 1.71. The molecular formula is C18H24INO. The molecule has 0 spiro atoms. The molecule has 0 bridgehead atoms. The van der Waals surface area contributed by atoms with Crippen LogP contribution in [0.3, 0.4) is 0 Å². The zero-order chi connectivity index (χ0) is 14.7. The molecule has 1 aliphatic heterocycles. The normalized spacial score (nSPS) is 27.8. The molecule has 2 aliphatic rings. The van der Waals surface area contributed by atoms with Crippen LogP contribution in [0.2, 0.25) is 0 Å². The predicted molar refractivity (Wildman–Crippen MR) is 94.2 cm³/mol. The number of carbonyl (C=O) groups is 1. The van der Waals surface area contributed by atoms with E-state index in [-0.39, 0.29) is 0 Å². The highest BCUT2D eigenvalue weighted by molar-refractivity contribution is 14.1. The molecule has 1 aromatic rings. The minimum atomic E-state index is 0.308. The van der Waals surface area contributed by atoms with Gasteiger partial charge in [0.1, 0.15) is 5.78 Å². The second-order valence-corrected chi connectivity index (χ2v) is 7.72. The van der Waals surface area contributed by atoms with Gasteiger partial charge in [-0.3, -0.25) is 9.69 Å². The van der Waals surface area contributed by atoms with Crippen molar-refractivity contribution < 1.29 is 4.79 Å². The van der Waals surface area contributed by atoms with E-state index in [4.69, 9.17) is 0 Å². The lowest BCUT2D eigenvalue weighted by Gasteiger charge is -2.41. The summed E-state index contributed by atoms with van der Waals surface area (Å²) in [6.45, 7) is 2.16. The number of carbonyl (C=O) groups excluding carboxylic acids is 1. The summed E-state index contributed by atoms with van der Waals surface area (Å²) in [6, 6.07) is 9.32. The minimum absolute atomic E-state index is 0.308. The number of halogens is 1. The molecular weight excluding hydrogens is 373 g/mol. The molecule has 1 saturated heterocycles. The van der Waals surface area contributed by atoms with Gasteiger partial charge in [-0.15, -0.1) is 0 Å². The molecule has 1 aromatic carbocycles. The third kappa shape index (κ3) is 3.86. The first-order valence-corrected chi connectivity index (χ1v) is 9.33. The molecule has 0 radical (unpaired) electrons. The van der Waals surface area contributed by atoms with Crippen LogP contribution in [-0.4, -0.2) is 23.3 Å². The number of piperidine rings is 1. The summed E-state index contributed by atoms with van der Waals surface area (Å²) in [5.41, 5.74) is 1.38. The number of ketones is 1. The van der Waals surface area contributed by atoms with Gasteiger partial charge in [0.15, 0.2) is 0 Å². The van der Waals surface area contributed by atoms with Crippen molar-refractivity contribution in [2.45, 2.75) is 57.5 Å². The SMILES string of the molecule is O=C1CCCCC1C1CCCCN1Cc1ccc(I)cc1. The number of hydrogen-bond donors (Lipinski definition) is 0. The molecule has 114 valence electrons. The Morgan fingerprint density at radius 2 is 1.81 bits per heavy atom. The van der Waals surface area contributed by atoms with Crippen LogP contribution in [0.1, 0.15) is 50.5 Å². The van der Waals surface area contributed by atoms with Crippen molar-refractivity contribution in [2.75, 3.05) is 6.54 Å². The Hall–Kier alpha value is -0.420. The maximum absolute atomic E-state index is 12.3. The summed E-state index contributed by atoms with van der Waals surface area (Å²) >= 11 is 2.35. The minimum Gasteiger partial charge on any atom is -0.299 e. The highest BCUT2D eigenvalue weighted by Crippen LogP contribution is 2.32. The Kier molecular flexibility index (Phi) is 5.33. The maximum atomic E-state index is 12.3. The molecule has 1 saturated carbocycles. The second kappa shape index (κ2) is 7.23. The molecule has 3 rings (SSSR count). The Labute approximate surface area is 141 Å². The summed E-state index contributed by atoms with van der Waals surface area (Å²) in [4.78, 5) is 14.9. The fourth-order valence-electron chi connectivity index (χ4n) is 3.91. The van der Waals surface area contributed by atoms with E-state index in [9.17, 15) is 4.79 Å². The van der Waals surface area contributed by atoms with Gasteiger partial charge in [0.05, 0.1) is 0 Å². The molecule has 2 nitrogen and oxygen atoms in total. The first-order chi connectivity index (χ1) is 10.2. The Morgan fingerprint density at radius 1 is 1.05 bits per heavy atom. The monoisotopic (exact) mass is 397 g/mol. The molecule has 1 heterocycles. The van der Waals surface area contributed by atoms with E-state index in [1.807, 2.05) is 0 Å². The summed E-state index contributed by atoms with van der Waals surface area (Å²) in [5, 5.41) is 0. The van der Waals surface area contributed by atoms with Gasteiger partial charge in [-0.2, -0.15) is 0 Å². The Morgan fingerprint density at radius 3 is 2.57 bits per heavy atom. The van der Waals surface area contributed by atoms with Crippen LogP contribution in [0.25, 0.3) is 0 Å². The lowest BCUT2D eigenvalue weighted by Crippen LogP contribution is -2.46. The average Bonchev–Trinajstić information content (AvgIpc) is 2.51. The van der Waals surface area contributed by atoms with Crippen LogP contribution in [0.4, 0.5) is 0 Å². The van der Waals surface area contributed by atoms with Gasteiger partial charge in [0.2, 0.25) is 0 Å². The topological polar surface area (TPSA) is 20.3 Å². The van der Waals surface area contributed by atoms with E-state index >= 15 is 0 Å². The number of hydrogen-bond acceptors (Lipinski definition) is 2. The predicted octanol–water partition coefficient (Wildman–Crippen LogP) is 4.41. The van der Waals surface area contributed by atoms with Crippen molar-refractivity contribution in [3.8, 4) is 0 Å². The van der Waals surface area contributed by atoms with Gasteiger partial charge in [-0.25, -0.2) is 0 Å². The van der Waals surface area contributed by atoms with E-state index in [1.54, 1.807) is 0 Å².